The van der Waals surface area contributed by atoms with E-state index in [2.05, 4.69) is 4.98 Å². The summed E-state index contributed by atoms with van der Waals surface area (Å²) in [6, 6.07) is 0. The number of hydrogen-bond acceptors (Lipinski definition) is 2. The molecule has 2 nitrogen and oxygen atoms in total. The van der Waals surface area contributed by atoms with E-state index in [0.717, 1.165) is 11.7 Å². The Morgan fingerprint density at radius 3 is 2.90 bits per heavy atom. The molecule has 10 heavy (non-hydrogen) atoms. The molecule has 0 aromatic carbocycles. The molecule has 0 aliphatic heterocycles. The van der Waals surface area contributed by atoms with Crippen LogP contribution in [-0.2, 0) is 6.54 Å². The van der Waals surface area contributed by atoms with Crippen molar-refractivity contribution in [2.24, 2.45) is 0 Å². The minimum atomic E-state index is 0.715. The first-order valence-corrected chi connectivity index (χ1v) is 4.65. The highest BCUT2D eigenvalue weighted by Gasteiger charge is 2.03. The van der Waals surface area contributed by atoms with Crippen molar-refractivity contribution in [2.75, 3.05) is 6.26 Å². The summed E-state index contributed by atoms with van der Waals surface area (Å²) in [6.45, 7) is 2.93. The smallest absolute Gasteiger partial charge is 0.168 e. The van der Waals surface area contributed by atoms with Crippen molar-refractivity contribution in [3.05, 3.63) is 11.3 Å². The van der Waals surface area contributed by atoms with Crippen LogP contribution in [0.2, 0.25) is 5.15 Å². The number of hydrogen-bond donors (Lipinski definition) is 0. The lowest BCUT2D eigenvalue weighted by Crippen LogP contribution is -1.95. The Bertz CT molecular complexity index is 222. The van der Waals surface area contributed by atoms with Crippen molar-refractivity contribution in [2.45, 2.75) is 18.6 Å². The first-order valence-electron chi connectivity index (χ1n) is 3.04. The number of aromatic nitrogens is 2. The van der Waals surface area contributed by atoms with E-state index < -0.39 is 0 Å². The van der Waals surface area contributed by atoms with Crippen molar-refractivity contribution >= 4 is 23.4 Å². The molecule has 0 fully saturated rings. The van der Waals surface area contributed by atoms with Crippen LogP contribution in [0.3, 0.4) is 0 Å². The molecule has 1 rings (SSSR count). The second-order valence-corrected chi connectivity index (χ2v) is 2.97. The van der Waals surface area contributed by atoms with Gasteiger partial charge >= 0.3 is 0 Å². The molecule has 0 radical (unpaired) electrons. The highest BCUT2D eigenvalue weighted by molar-refractivity contribution is 7.98. The molecule has 0 spiro atoms. The number of rotatable bonds is 2. The van der Waals surface area contributed by atoms with Crippen molar-refractivity contribution in [3.63, 3.8) is 0 Å². The Balaban J connectivity index is 3.01. The third-order valence-electron chi connectivity index (χ3n) is 1.27. The zero-order valence-corrected chi connectivity index (χ0v) is 7.54. The van der Waals surface area contributed by atoms with Gasteiger partial charge in [0.15, 0.2) is 5.16 Å². The van der Waals surface area contributed by atoms with E-state index in [1.807, 2.05) is 17.7 Å². The molecule has 0 amide bonds. The van der Waals surface area contributed by atoms with Gasteiger partial charge in [0.25, 0.3) is 0 Å². The fourth-order valence-corrected chi connectivity index (χ4v) is 1.69. The topological polar surface area (TPSA) is 17.8 Å². The van der Waals surface area contributed by atoms with Gasteiger partial charge in [0.05, 0.1) is 6.20 Å². The average molecular weight is 177 g/mol. The third-order valence-corrected chi connectivity index (χ3v) is 2.26. The molecule has 0 atom stereocenters. The Hall–Kier alpha value is -0.150. The van der Waals surface area contributed by atoms with E-state index >= 15 is 0 Å². The summed E-state index contributed by atoms with van der Waals surface area (Å²) in [5.41, 5.74) is 0. The van der Waals surface area contributed by atoms with Crippen LogP contribution in [0.15, 0.2) is 11.4 Å². The monoisotopic (exact) mass is 176 g/mol. The van der Waals surface area contributed by atoms with Gasteiger partial charge in [-0.05, 0) is 13.2 Å². The van der Waals surface area contributed by atoms with Crippen LogP contribution in [0.4, 0.5) is 0 Å². The van der Waals surface area contributed by atoms with Crippen molar-refractivity contribution in [3.8, 4) is 0 Å². The van der Waals surface area contributed by atoms with E-state index in [-0.39, 0.29) is 0 Å². The largest absolute Gasteiger partial charge is 0.310 e. The first kappa shape index (κ1) is 7.95. The summed E-state index contributed by atoms with van der Waals surface area (Å²) >= 11 is 7.42. The van der Waals surface area contributed by atoms with E-state index in [4.69, 9.17) is 11.6 Å². The van der Waals surface area contributed by atoms with Gasteiger partial charge in [-0.25, -0.2) is 4.98 Å². The van der Waals surface area contributed by atoms with Crippen LogP contribution in [-0.4, -0.2) is 15.8 Å². The zero-order valence-electron chi connectivity index (χ0n) is 5.97. The molecule has 1 heterocycles. The van der Waals surface area contributed by atoms with Crippen molar-refractivity contribution in [1.29, 1.82) is 0 Å². The molecular formula is C6H9ClN2S. The van der Waals surface area contributed by atoms with Gasteiger partial charge in [-0.3, -0.25) is 0 Å². The molecule has 0 N–H and O–H groups in total. The Morgan fingerprint density at radius 2 is 2.50 bits per heavy atom. The van der Waals surface area contributed by atoms with Gasteiger partial charge in [-0.15, -0.1) is 0 Å². The molecule has 0 aliphatic rings. The van der Waals surface area contributed by atoms with Gasteiger partial charge in [0, 0.05) is 6.54 Å². The lowest BCUT2D eigenvalue weighted by atomic mass is 10.7. The Labute approximate surface area is 69.6 Å². The van der Waals surface area contributed by atoms with Gasteiger partial charge in [-0.1, -0.05) is 23.4 Å². The molecule has 0 saturated carbocycles. The van der Waals surface area contributed by atoms with Crippen LogP contribution >= 0.6 is 23.4 Å². The van der Waals surface area contributed by atoms with E-state index in [9.17, 15) is 0 Å². The Kier molecular flexibility index (Phi) is 2.63. The minimum absolute atomic E-state index is 0.715. The summed E-state index contributed by atoms with van der Waals surface area (Å²) in [4.78, 5) is 4.10. The van der Waals surface area contributed by atoms with Crippen molar-refractivity contribution < 1.29 is 0 Å². The predicted octanol–water partition coefficient (Wildman–Crippen LogP) is 2.28. The SMILES string of the molecule is CCn1c(Cl)cnc1SC. The molecule has 0 unspecified atom stereocenters. The molecular weight excluding hydrogens is 168 g/mol. The zero-order chi connectivity index (χ0) is 7.56. The van der Waals surface area contributed by atoms with Crippen LogP contribution in [0.1, 0.15) is 6.92 Å². The number of halogens is 1. The molecule has 0 aliphatic carbocycles. The standard InChI is InChI=1S/C6H9ClN2S/c1-3-9-5(7)4-8-6(9)10-2/h4H,3H2,1-2H3. The second kappa shape index (κ2) is 3.30. The summed E-state index contributed by atoms with van der Waals surface area (Å²) in [7, 11) is 0. The van der Waals surface area contributed by atoms with Crippen LogP contribution < -0.4 is 0 Å². The van der Waals surface area contributed by atoms with E-state index in [0.29, 0.717) is 5.15 Å². The quantitative estimate of drug-likeness (QED) is 0.644. The van der Waals surface area contributed by atoms with Crippen LogP contribution in [0.5, 0.6) is 0 Å². The van der Waals surface area contributed by atoms with Gasteiger partial charge in [0.1, 0.15) is 5.15 Å². The summed E-state index contributed by atoms with van der Waals surface area (Å²) in [6.07, 6.45) is 3.67. The number of imidazole rings is 1. The van der Waals surface area contributed by atoms with E-state index in [1.165, 1.54) is 0 Å². The lowest BCUT2D eigenvalue weighted by Gasteiger charge is -2.00. The number of nitrogens with zero attached hydrogens (tertiary/aromatic N) is 2. The first-order chi connectivity index (χ1) is 4.79. The van der Waals surface area contributed by atoms with Crippen LogP contribution in [0.25, 0.3) is 0 Å². The molecule has 4 heteroatoms. The van der Waals surface area contributed by atoms with Gasteiger partial charge in [-0.2, -0.15) is 0 Å². The third kappa shape index (κ3) is 1.30. The average Bonchev–Trinajstić information content (AvgIpc) is 2.30. The molecule has 1 aromatic heterocycles. The van der Waals surface area contributed by atoms with E-state index in [1.54, 1.807) is 18.0 Å². The summed E-state index contributed by atoms with van der Waals surface area (Å²) in [5, 5.41) is 1.69. The number of thioether (sulfide) groups is 1. The highest BCUT2D eigenvalue weighted by atomic mass is 35.5. The molecule has 0 saturated heterocycles. The fourth-order valence-electron chi connectivity index (χ4n) is 0.788. The highest BCUT2D eigenvalue weighted by Crippen LogP contribution is 2.18. The maximum Gasteiger partial charge on any atom is 0.168 e. The van der Waals surface area contributed by atoms with Crippen LogP contribution in [0, 0.1) is 0 Å². The predicted molar refractivity (Wildman–Crippen MR) is 44.7 cm³/mol. The maximum absolute atomic E-state index is 5.81. The normalized spacial score (nSPS) is 10.3. The molecule has 56 valence electrons. The minimum Gasteiger partial charge on any atom is -0.310 e. The molecule has 0 bridgehead atoms. The van der Waals surface area contributed by atoms with Crippen molar-refractivity contribution in [1.82, 2.24) is 9.55 Å². The molecule has 1 aromatic rings. The summed E-state index contributed by atoms with van der Waals surface area (Å²) in [5.74, 6) is 0. The maximum atomic E-state index is 5.81. The lowest BCUT2D eigenvalue weighted by molar-refractivity contribution is 0.683. The van der Waals surface area contributed by atoms with Gasteiger partial charge < -0.3 is 4.57 Å². The fraction of sp³-hybridized carbons (Fsp3) is 0.500. The Morgan fingerprint density at radius 1 is 1.80 bits per heavy atom. The summed E-state index contributed by atoms with van der Waals surface area (Å²) < 4.78 is 1.96. The van der Waals surface area contributed by atoms with Gasteiger partial charge in [0.2, 0.25) is 0 Å². The second-order valence-electron chi connectivity index (χ2n) is 1.81.